The molecule has 0 amide bonds. The summed E-state index contributed by atoms with van der Waals surface area (Å²) in [6, 6.07) is 0. The molecule has 0 bridgehead atoms. The quantitative estimate of drug-likeness (QED) is 0.692. The van der Waals surface area contributed by atoms with Crippen LogP contribution in [-0.4, -0.2) is 12.2 Å². The van der Waals surface area contributed by atoms with Crippen molar-refractivity contribution in [2.45, 2.75) is 61.0 Å². The first-order valence-corrected chi connectivity index (χ1v) is 6.87. The summed E-state index contributed by atoms with van der Waals surface area (Å²) in [6.45, 7) is 19.7. The lowest BCUT2D eigenvalue weighted by Gasteiger charge is -2.67. The van der Waals surface area contributed by atoms with Crippen LogP contribution in [0.4, 0.5) is 0 Å². The van der Waals surface area contributed by atoms with E-state index in [1.807, 2.05) is 0 Å². The van der Waals surface area contributed by atoms with Gasteiger partial charge in [0.1, 0.15) is 0 Å². The lowest BCUT2D eigenvalue weighted by Crippen LogP contribution is -2.72. The zero-order valence-electron chi connectivity index (χ0n) is 12.4. The van der Waals surface area contributed by atoms with Crippen molar-refractivity contribution in [3.8, 4) is 0 Å². The third-order valence-electron chi connectivity index (χ3n) is 5.05. The molecule has 1 rings (SSSR count). The van der Waals surface area contributed by atoms with E-state index in [9.17, 15) is 0 Å². The Balaban J connectivity index is 3.21. The molecular formula is C15H30O. The average Bonchev–Trinajstić information content (AvgIpc) is 1.98. The fourth-order valence-corrected chi connectivity index (χ4v) is 4.38. The highest BCUT2D eigenvalue weighted by Crippen LogP contribution is 2.61. The molecular weight excluding hydrogens is 196 g/mol. The lowest BCUT2D eigenvalue weighted by atomic mass is 9.49. The van der Waals surface area contributed by atoms with Gasteiger partial charge in [-0.15, -0.1) is 0 Å². The third-order valence-corrected chi connectivity index (χ3v) is 5.05. The zero-order chi connectivity index (χ0) is 12.7. The van der Waals surface area contributed by atoms with Crippen molar-refractivity contribution in [1.29, 1.82) is 0 Å². The van der Waals surface area contributed by atoms with Gasteiger partial charge in [-0.1, -0.05) is 55.4 Å². The molecule has 0 aromatic carbocycles. The highest BCUT2D eigenvalue weighted by molar-refractivity contribution is 5.13. The van der Waals surface area contributed by atoms with E-state index in [1.54, 1.807) is 0 Å². The predicted octanol–water partition coefficient (Wildman–Crippen LogP) is 4.37. The molecule has 0 aromatic heterocycles. The minimum Gasteiger partial charge on any atom is -0.373 e. The Bertz CT molecular complexity index is 196. The molecule has 1 nitrogen and oxygen atoms in total. The van der Waals surface area contributed by atoms with Gasteiger partial charge in [-0.3, -0.25) is 0 Å². The van der Waals surface area contributed by atoms with Gasteiger partial charge >= 0.3 is 0 Å². The minimum atomic E-state index is 0.0787. The van der Waals surface area contributed by atoms with E-state index in [0.717, 1.165) is 6.61 Å². The first-order valence-electron chi connectivity index (χ1n) is 6.87. The standard InChI is InChI=1S/C15H30O/c1-10(2)14(11(3)4)9-16-15(14,12(5)6)13(7)8/h10-13H,9H2,1-8H3. The first kappa shape index (κ1) is 14.0. The van der Waals surface area contributed by atoms with Gasteiger partial charge in [0.25, 0.3) is 0 Å². The van der Waals surface area contributed by atoms with Crippen LogP contribution >= 0.6 is 0 Å². The SMILES string of the molecule is CC(C)C1(C(C)C)COC1(C(C)C)C(C)C. The van der Waals surface area contributed by atoms with Gasteiger partial charge < -0.3 is 4.74 Å². The van der Waals surface area contributed by atoms with Crippen LogP contribution in [0.3, 0.4) is 0 Å². The second-order valence-corrected chi connectivity index (χ2v) is 6.74. The van der Waals surface area contributed by atoms with E-state index in [-0.39, 0.29) is 5.60 Å². The third kappa shape index (κ3) is 1.47. The number of ether oxygens (including phenoxy) is 1. The van der Waals surface area contributed by atoms with E-state index in [0.29, 0.717) is 29.1 Å². The fraction of sp³-hybridized carbons (Fsp3) is 1.00. The van der Waals surface area contributed by atoms with Gasteiger partial charge in [-0.05, 0) is 23.7 Å². The average molecular weight is 226 g/mol. The Hall–Kier alpha value is -0.0400. The summed E-state index contributed by atoms with van der Waals surface area (Å²) in [6.07, 6.45) is 0. The maximum Gasteiger partial charge on any atom is 0.0811 e. The van der Waals surface area contributed by atoms with Crippen LogP contribution in [0, 0.1) is 29.1 Å². The van der Waals surface area contributed by atoms with Crippen molar-refractivity contribution in [3.05, 3.63) is 0 Å². The summed E-state index contributed by atoms with van der Waals surface area (Å²) >= 11 is 0. The van der Waals surface area contributed by atoms with Crippen molar-refractivity contribution in [3.63, 3.8) is 0 Å². The Morgan fingerprint density at radius 2 is 1.06 bits per heavy atom. The second kappa shape index (κ2) is 4.33. The topological polar surface area (TPSA) is 9.23 Å². The molecule has 0 radical (unpaired) electrons. The molecule has 0 N–H and O–H groups in total. The van der Waals surface area contributed by atoms with Crippen LogP contribution in [0.2, 0.25) is 0 Å². The molecule has 96 valence electrons. The van der Waals surface area contributed by atoms with Crippen molar-refractivity contribution < 1.29 is 4.74 Å². The Kier molecular flexibility index (Phi) is 3.79. The van der Waals surface area contributed by atoms with Crippen LogP contribution in [0.5, 0.6) is 0 Å². The molecule has 16 heavy (non-hydrogen) atoms. The summed E-state index contributed by atoms with van der Waals surface area (Å²) in [5, 5.41) is 0. The van der Waals surface area contributed by atoms with E-state index in [4.69, 9.17) is 4.74 Å². The number of hydrogen-bond donors (Lipinski definition) is 0. The smallest absolute Gasteiger partial charge is 0.0811 e. The molecule has 1 saturated heterocycles. The summed E-state index contributed by atoms with van der Waals surface area (Å²) in [4.78, 5) is 0. The molecule has 1 aliphatic rings. The molecule has 1 fully saturated rings. The van der Waals surface area contributed by atoms with Crippen LogP contribution in [-0.2, 0) is 4.74 Å². The van der Waals surface area contributed by atoms with E-state index < -0.39 is 0 Å². The molecule has 0 atom stereocenters. The van der Waals surface area contributed by atoms with Crippen molar-refractivity contribution in [1.82, 2.24) is 0 Å². The molecule has 1 aliphatic heterocycles. The van der Waals surface area contributed by atoms with Crippen molar-refractivity contribution in [2.24, 2.45) is 29.1 Å². The normalized spacial score (nSPS) is 23.2. The highest BCUT2D eigenvalue weighted by atomic mass is 16.5. The summed E-state index contributed by atoms with van der Waals surface area (Å²) in [5.74, 6) is 2.55. The summed E-state index contributed by atoms with van der Waals surface area (Å²) in [7, 11) is 0. The number of hydrogen-bond acceptors (Lipinski definition) is 1. The van der Waals surface area contributed by atoms with Crippen molar-refractivity contribution >= 4 is 0 Å². The fourth-order valence-electron chi connectivity index (χ4n) is 4.38. The van der Waals surface area contributed by atoms with E-state index >= 15 is 0 Å². The Morgan fingerprint density at radius 3 is 1.12 bits per heavy atom. The zero-order valence-corrected chi connectivity index (χ0v) is 12.4. The summed E-state index contributed by atoms with van der Waals surface area (Å²) in [5.41, 5.74) is 0.435. The van der Waals surface area contributed by atoms with E-state index in [1.165, 1.54) is 0 Å². The van der Waals surface area contributed by atoms with Crippen LogP contribution < -0.4 is 0 Å². The van der Waals surface area contributed by atoms with Gasteiger partial charge in [0.05, 0.1) is 12.2 Å². The van der Waals surface area contributed by atoms with Gasteiger partial charge in [0.2, 0.25) is 0 Å². The molecule has 0 spiro atoms. The lowest BCUT2D eigenvalue weighted by molar-refractivity contribution is -0.340. The largest absolute Gasteiger partial charge is 0.373 e. The van der Waals surface area contributed by atoms with Gasteiger partial charge in [0, 0.05) is 5.41 Å². The first-order chi connectivity index (χ1) is 7.23. The molecule has 0 saturated carbocycles. The molecule has 1 heteroatoms. The van der Waals surface area contributed by atoms with Crippen LogP contribution in [0.15, 0.2) is 0 Å². The van der Waals surface area contributed by atoms with E-state index in [2.05, 4.69) is 55.4 Å². The molecule has 0 aromatic rings. The maximum atomic E-state index is 6.18. The van der Waals surface area contributed by atoms with Gasteiger partial charge in [-0.2, -0.15) is 0 Å². The Morgan fingerprint density at radius 1 is 0.688 bits per heavy atom. The number of rotatable bonds is 4. The predicted molar refractivity (Wildman–Crippen MR) is 70.5 cm³/mol. The van der Waals surface area contributed by atoms with Gasteiger partial charge in [-0.25, -0.2) is 0 Å². The summed E-state index contributed by atoms with van der Waals surface area (Å²) < 4.78 is 6.18. The van der Waals surface area contributed by atoms with Crippen LogP contribution in [0.25, 0.3) is 0 Å². The second-order valence-electron chi connectivity index (χ2n) is 6.74. The monoisotopic (exact) mass is 226 g/mol. The maximum absolute atomic E-state index is 6.18. The molecule has 1 heterocycles. The highest BCUT2D eigenvalue weighted by Gasteiger charge is 2.65. The van der Waals surface area contributed by atoms with Crippen LogP contribution in [0.1, 0.15) is 55.4 Å². The van der Waals surface area contributed by atoms with Crippen molar-refractivity contribution in [2.75, 3.05) is 6.61 Å². The molecule has 0 unspecified atom stereocenters. The minimum absolute atomic E-state index is 0.0787. The Labute approximate surface area is 102 Å². The molecule has 0 aliphatic carbocycles. The van der Waals surface area contributed by atoms with Gasteiger partial charge in [0.15, 0.2) is 0 Å².